The minimum atomic E-state index is -4.03. The Bertz CT molecular complexity index is 978. The maximum Gasteiger partial charge on any atom is 0.341 e. The standard InChI is InChI=1S/C17H20N2O6S/c1-5-23-17(20)15-10(2)19(4)11(3)16(15)26(21,22)18-12-6-7-13-14(8-12)25-9-24-13/h6-8,18H,5,9H2,1-4H3. The molecule has 9 heteroatoms. The Hall–Kier alpha value is -2.68. The summed E-state index contributed by atoms with van der Waals surface area (Å²) in [5, 5.41) is 0. The summed E-state index contributed by atoms with van der Waals surface area (Å²) in [5.41, 5.74) is 1.32. The van der Waals surface area contributed by atoms with Gasteiger partial charge < -0.3 is 18.8 Å². The number of hydrogen-bond donors (Lipinski definition) is 1. The smallest absolute Gasteiger partial charge is 0.341 e. The molecule has 1 aromatic heterocycles. The first kappa shape index (κ1) is 18.1. The molecule has 1 aromatic carbocycles. The number of sulfonamides is 1. The quantitative estimate of drug-likeness (QED) is 0.800. The third-order valence-corrected chi connectivity index (χ3v) is 5.84. The zero-order valence-electron chi connectivity index (χ0n) is 15.0. The van der Waals surface area contributed by atoms with Crippen LogP contribution in [0.2, 0.25) is 0 Å². The molecule has 140 valence electrons. The molecule has 2 heterocycles. The maximum absolute atomic E-state index is 13.0. The molecule has 0 unspecified atom stereocenters. The number of nitrogens with zero attached hydrogens (tertiary/aromatic N) is 1. The van der Waals surface area contributed by atoms with E-state index in [0.29, 0.717) is 28.6 Å². The van der Waals surface area contributed by atoms with Crippen molar-refractivity contribution in [1.29, 1.82) is 0 Å². The van der Waals surface area contributed by atoms with E-state index >= 15 is 0 Å². The molecule has 26 heavy (non-hydrogen) atoms. The highest BCUT2D eigenvalue weighted by molar-refractivity contribution is 7.92. The fourth-order valence-corrected chi connectivity index (χ4v) is 4.42. The summed E-state index contributed by atoms with van der Waals surface area (Å²) in [5.74, 6) is 0.337. The van der Waals surface area contributed by atoms with Crippen molar-refractivity contribution < 1.29 is 27.4 Å². The van der Waals surface area contributed by atoms with Crippen molar-refractivity contribution in [2.75, 3.05) is 18.1 Å². The molecule has 0 fully saturated rings. The van der Waals surface area contributed by atoms with E-state index in [1.807, 2.05) is 0 Å². The third-order valence-electron chi connectivity index (χ3n) is 4.30. The van der Waals surface area contributed by atoms with Crippen molar-refractivity contribution in [3.05, 3.63) is 35.2 Å². The summed E-state index contributed by atoms with van der Waals surface area (Å²) in [6.07, 6.45) is 0. The fourth-order valence-electron chi connectivity index (χ4n) is 2.86. The van der Waals surface area contributed by atoms with Gasteiger partial charge in [0.25, 0.3) is 10.0 Å². The lowest BCUT2D eigenvalue weighted by molar-refractivity contribution is 0.0521. The zero-order valence-corrected chi connectivity index (χ0v) is 15.8. The molecular weight excluding hydrogens is 360 g/mol. The molecule has 0 atom stereocenters. The highest BCUT2D eigenvalue weighted by atomic mass is 32.2. The Morgan fingerprint density at radius 1 is 1.23 bits per heavy atom. The SMILES string of the molecule is CCOC(=O)c1c(S(=O)(=O)Nc2ccc3c(c2)OCO3)c(C)n(C)c1C. The summed E-state index contributed by atoms with van der Waals surface area (Å²) in [7, 11) is -2.32. The van der Waals surface area contributed by atoms with Crippen LogP contribution in [0.4, 0.5) is 5.69 Å². The van der Waals surface area contributed by atoms with Gasteiger partial charge in [-0.3, -0.25) is 4.72 Å². The van der Waals surface area contributed by atoms with Gasteiger partial charge in [0.2, 0.25) is 6.79 Å². The first-order valence-corrected chi connectivity index (χ1v) is 9.50. The Balaban J connectivity index is 2.04. The number of carbonyl (C=O) groups excluding carboxylic acids is 1. The molecule has 0 saturated carbocycles. The second kappa shape index (κ2) is 6.56. The van der Waals surface area contributed by atoms with Gasteiger partial charge in [0.05, 0.1) is 12.3 Å². The van der Waals surface area contributed by atoms with Crippen LogP contribution >= 0.6 is 0 Å². The van der Waals surface area contributed by atoms with E-state index in [4.69, 9.17) is 14.2 Å². The van der Waals surface area contributed by atoms with Crippen LogP contribution in [0.5, 0.6) is 11.5 Å². The molecule has 3 rings (SSSR count). The van der Waals surface area contributed by atoms with Crippen LogP contribution in [-0.4, -0.2) is 32.4 Å². The van der Waals surface area contributed by atoms with Crippen molar-refractivity contribution in [2.45, 2.75) is 25.7 Å². The van der Waals surface area contributed by atoms with Gasteiger partial charge >= 0.3 is 5.97 Å². The molecule has 0 saturated heterocycles. The van der Waals surface area contributed by atoms with Crippen LogP contribution in [0.25, 0.3) is 0 Å². The van der Waals surface area contributed by atoms with E-state index in [9.17, 15) is 13.2 Å². The summed E-state index contributed by atoms with van der Waals surface area (Å²) < 4.78 is 45.7. The number of nitrogens with one attached hydrogen (secondary N) is 1. The number of ether oxygens (including phenoxy) is 3. The van der Waals surface area contributed by atoms with Crippen molar-refractivity contribution in [3.8, 4) is 11.5 Å². The van der Waals surface area contributed by atoms with Gasteiger partial charge in [-0.05, 0) is 32.9 Å². The van der Waals surface area contributed by atoms with Gasteiger partial charge in [-0.15, -0.1) is 0 Å². The lowest BCUT2D eigenvalue weighted by atomic mass is 10.2. The second-order valence-electron chi connectivity index (χ2n) is 5.83. The molecule has 1 aliphatic rings. The van der Waals surface area contributed by atoms with Crippen LogP contribution in [0.3, 0.4) is 0 Å². The average Bonchev–Trinajstić information content (AvgIpc) is 3.12. The van der Waals surface area contributed by atoms with Crippen LogP contribution in [-0.2, 0) is 21.8 Å². The van der Waals surface area contributed by atoms with Gasteiger partial charge in [0, 0.05) is 24.5 Å². The number of rotatable bonds is 5. The van der Waals surface area contributed by atoms with Crippen LogP contribution in [0, 0.1) is 13.8 Å². The monoisotopic (exact) mass is 380 g/mol. The van der Waals surface area contributed by atoms with E-state index in [2.05, 4.69) is 4.72 Å². The predicted molar refractivity (Wildman–Crippen MR) is 94.2 cm³/mol. The first-order chi connectivity index (χ1) is 12.3. The van der Waals surface area contributed by atoms with E-state index in [1.54, 1.807) is 44.5 Å². The average molecular weight is 380 g/mol. The van der Waals surface area contributed by atoms with E-state index in [1.165, 1.54) is 6.07 Å². The molecule has 1 N–H and O–H groups in total. The highest BCUT2D eigenvalue weighted by Gasteiger charge is 2.32. The van der Waals surface area contributed by atoms with E-state index in [-0.39, 0.29) is 23.9 Å². The number of carbonyl (C=O) groups is 1. The summed E-state index contributed by atoms with van der Waals surface area (Å²) in [4.78, 5) is 12.3. The largest absolute Gasteiger partial charge is 0.462 e. The van der Waals surface area contributed by atoms with Crippen molar-refractivity contribution in [1.82, 2.24) is 4.57 Å². The number of benzene rings is 1. The second-order valence-corrected chi connectivity index (χ2v) is 7.45. The van der Waals surface area contributed by atoms with Crippen molar-refractivity contribution >= 4 is 21.7 Å². The van der Waals surface area contributed by atoms with Crippen molar-refractivity contribution in [2.24, 2.45) is 7.05 Å². The molecule has 0 amide bonds. The maximum atomic E-state index is 13.0. The lowest BCUT2D eigenvalue weighted by Gasteiger charge is -2.11. The topological polar surface area (TPSA) is 95.9 Å². The van der Waals surface area contributed by atoms with Gasteiger partial charge in [-0.25, -0.2) is 13.2 Å². The minimum Gasteiger partial charge on any atom is -0.462 e. The van der Waals surface area contributed by atoms with E-state index in [0.717, 1.165) is 0 Å². The summed E-state index contributed by atoms with van der Waals surface area (Å²) >= 11 is 0. The Kier molecular flexibility index (Phi) is 4.57. The lowest BCUT2D eigenvalue weighted by Crippen LogP contribution is -2.18. The molecular formula is C17H20N2O6S. The Morgan fingerprint density at radius 2 is 1.92 bits per heavy atom. The van der Waals surface area contributed by atoms with Crippen LogP contribution in [0.15, 0.2) is 23.1 Å². The molecule has 0 aliphatic carbocycles. The number of esters is 1. The molecule has 8 nitrogen and oxygen atoms in total. The Morgan fingerprint density at radius 3 is 2.62 bits per heavy atom. The molecule has 0 radical (unpaired) electrons. The van der Waals surface area contributed by atoms with Gasteiger partial charge in [0.15, 0.2) is 11.5 Å². The fraction of sp³-hybridized carbons (Fsp3) is 0.353. The van der Waals surface area contributed by atoms with E-state index < -0.39 is 16.0 Å². The number of aromatic nitrogens is 1. The highest BCUT2D eigenvalue weighted by Crippen LogP contribution is 2.35. The third kappa shape index (κ3) is 2.98. The number of fused-ring (bicyclic) bond motifs is 1. The zero-order chi connectivity index (χ0) is 19.1. The Labute approximate surface area is 151 Å². The van der Waals surface area contributed by atoms with Crippen LogP contribution < -0.4 is 14.2 Å². The number of anilines is 1. The number of hydrogen-bond acceptors (Lipinski definition) is 6. The minimum absolute atomic E-state index is 0.0418. The molecule has 0 bridgehead atoms. The summed E-state index contributed by atoms with van der Waals surface area (Å²) in [6, 6.07) is 4.73. The van der Waals surface area contributed by atoms with Crippen molar-refractivity contribution in [3.63, 3.8) is 0 Å². The normalized spacial score (nSPS) is 12.9. The van der Waals surface area contributed by atoms with Gasteiger partial charge in [-0.2, -0.15) is 0 Å². The predicted octanol–water partition coefficient (Wildman–Crippen LogP) is 2.35. The first-order valence-electron chi connectivity index (χ1n) is 8.01. The molecule has 1 aliphatic heterocycles. The molecule has 2 aromatic rings. The van der Waals surface area contributed by atoms with Gasteiger partial charge in [-0.1, -0.05) is 0 Å². The van der Waals surface area contributed by atoms with Gasteiger partial charge in [0.1, 0.15) is 10.5 Å². The molecule has 0 spiro atoms. The summed E-state index contributed by atoms with van der Waals surface area (Å²) in [6.45, 7) is 5.24. The van der Waals surface area contributed by atoms with Crippen LogP contribution in [0.1, 0.15) is 28.7 Å².